The highest BCUT2D eigenvalue weighted by molar-refractivity contribution is 5.96. The minimum Gasteiger partial charge on any atom is -0.294 e. The van der Waals surface area contributed by atoms with Gasteiger partial charge in [-0.3, -0.25) is 4.79 Å². The predicted octanol–water partition coefficient (Wildman–Crippen LogP) is 4.11. The number of allylic oxidation sites excluding steroid dienone is 2. The molecule has 1 heteroatoms. The first-order valence-corrected chi connectivity index (χ1v) is 7.59. The summed E-state index contributed by atoms with van der Waals surface area (Å²) in [6.45, 7) is 0. The van der Waals surface area contributed by atoms with E-state index in [9.17, 15) is 4.79 Å². The van der Waals surface area contributed by atoms with E-state index in [-0.39, 0.29) is 0 Å². The Labute approximate surface area is 114 Å². The molecule has 19 heavy (non-hydrogen) atoms. The van der Waals surface area contributed by atoms with Crippen molar-refractivity contribution < 1.29 is 4.79 Å². The van der Waals surface area contributed by atoms with Crippen molar-refractivity contribution in [3.05, 3.63) is 48.0 Å². The molecule has 0 aliphatic heterocycles. The molecular formula is C18H20O. The van der Waals surface area contributed by atoms with E-state index in [1.165, 1.54) is 19.3 Å². The maximum Gasteiger partial charge on any atom is 0.163 e. The molecule has 1 aromatic carbocycles. The van der Waals surface area contributed by atoms with Gasteiger partial charge in [0, 0.05) is 12.0 Å². The lowest BCUT2D eigenvalue weighted by Crippen LogP contribution is -2.24. The molecule has 2 fully saturated rings. The van der Waals surface area contributed by atoms with Crippen LogP contribution >= 0.6 is 0 Å². The van der Waals surface area contributed by atoms with Gasteiger partial charge in [0.1, 0.15) is 0 Å². The Hall–Kier alpha value is -1.37. The van der Waals surface area contributed by atoms with Crippen LogP contribution in [-0.4, -0.2) is 5.78 Å². The van der Waals surface area contributed by atoms with Gasteiger partial charge in [-0.15, -0.1) is 0 Å². The van der Waals surface area contributed by atoms with Gasteiger partial charge in [-0.05, 0) is 48.9 Å². The van der Waals surface area contributed by atoms with Gasteiger partial charge in [0.2, 0.25) is 0 Å². The van der Waals surface area contributed by atoms with Crippen LogP contribution in [0.25, 0.3) is 0 Å². The maximum atomic E-state index is 12.4. The van der Waals surface area contributed by atoms with Crippen molar-refractivity contribution in [1.29, 1.82) is 0 Å². The van der Waals surface area contributed by atoms with E-state index in [1.807, 2.05) is 30.3 Å². The highest BCUT2D eigenvalue weighted by Gasteiger charge is 2.51. The Morgan fingerprint density at radius 2 is 1.84 bits per heavy atom. The lowest BCUT2D eigenvalue weighted by Gasteiger charge is -2.29. The molecule has 1 nitrogen and oxygen atoms in total. The van der Waals surface area contributed by atoms with Gasteiger partial charge >= 0.3 is 0 Å². The quantitative estimate of drug-likeness (QED) is 0.584. The van der Waals surface area contributed by atoms with Crippen molar-refractivity contribution in [2.75, 3.05) is 0 Å². The second-order valence-electron chi connectivity index (χ2n) is 6.53. The Morgan fingerprint density at radius 1 is 1.05 bits per heavy atom. The molecule has 0 radical (unpaired) electrons. The minimum atomic E-state index is 0.318. The molecule has 0 unspecified atom stereocenters. The average molecular weight is 252 g/mol. The number of Topliss-reactive ketones (excluding diaryl/α,β-unsaturated/α-hetero) is 1. The van der Waals surface area contributed by atoms with E-state index >= 15 is 0 Å². The summed E-state index contributed by atoms with van der Waals surface area (Å²) in [4.78, 5) is 12.4. The fourth-order valence-corrected chi connectivity index (χ4v) is 4.86. The monoisotopic (exact) mass is 252 g/mol. The van der Waals surface area contributed by atoms with Crippen LogP contribution in [0.5, 0.6) is 0 Å². The zero-order chi connectivity index (χ0) is 12.8. The van der Waals surface area contributed by atoms with Crippen LogP contribution in [-0.2, 0) is 0 Å². The van der Waals surface area contributed by atoms with Gasteiger partial charge in [0.25, 0.3) is 0 Å². The highest BCUT2D eigenvalue weighted by atomic mass is 16.1. The molecule has 2 bridgehead atoms. The van der Waals surface area contributed by atoms with Crippen LogP contribution in [0.1, 0.15) is 36.0 Å². The molecule has 0 amide bonds. The third-order valence-electron chi connectivity index (χ3n) is 5.64. The fraction of sp³-hybridized carbons (Fsp3) is 0.500. The Kier molecular flexibility index (Phi) is 2.61. The van der Waals surface area contributed by atoms with Crippen LogP contribution in [0.4, 0.5) is 0 Å². The molecule has 0 aromatic heterocycles. The number of hydrogen-bond donors (Lipinski definition) is 0. The number of ketones is 1. The van der Waals surface area contributed by atoms with Crippen LogP contribution in [0, 0.1) is 29.6 Å². The molecule has 3 aliphatic carbocycles. The van der Waals surface area contributed by atoms with E-state index in [0.29, 0.717) is 18.1 Å². The van der Waals surface area contributed by atoms with Crippen LogP contribution < -0.4 is 0 Å². The second kappa shape index (κ2) is 4.33. The lowest BCUT2D eigenvalue weighted by atomic mass is 9.75. The molecule has 5 atom stereocenters. The van der Waals surface area contributed by atoms with Gasteiger partial charge in [-0.2, -0.15) is 0 Å². The van der Waals surface area contributed by atoms with Crippen LogP contribution in [0.3, 0.4) is 0 Å². The summed E-state index contributed by atoms with van der Waals surface area (Å²) in [6, 6.07) is 9.77. The summed E-state index contributed by atoms with van der Waals surface area (Å²) in [5.74, 6) is 4.24. The molecular weight excluding hydrogens is 232 g/mol. The van der Waals surface area contributed by atoms with Crippen LogP contribution in [0.2, 0.25) is 0 Å². The molecule has 0 N–H and O–H groups in total. The Bertz CT molecular complexity index is 516. The predicted molar refractivity (Wildman–Crippen MR) is 75.8 cm³/mol. The molecule has 0 heterocycles. The summed E-state index contributed by atoms with van der Waals surface area (Å²) in [7, 11) is 0. The van der Waals surface area contributed by atoms with E-state index in [2.05, 4.69) is 12.2 Å². The minimum absolute atomic E-state index is 0.318. The molecule has 0 saturated heterocycles. The lowest BCUT2D eigenvalue weighted by molar-refractivity contribution is 0.0942. The summed E-state index contributed by atoms with van der Waals surface area (Å²) in [6.07, 6.45) is 9.75. The number of carbonyl (C=O) groups is 1. The fourth-order valence-electron chi connectivity index (χ4n) is 4.86. The SMILES string of the molecule is O=C(C[C@@H]1C=C[C@H]2[C@H]3CC[C@H](C3)[C@H]21)c1ccccc1. The molecule has 98 valence electrons. The Balaban J connectivity index is 1.50. The smallest absolute Gasteiger partial charge is 0.163 e. The molecule has 0 spiro atoms. The van der Waals surface area contributed by atoms with Crippen molar-refractivity contribution in [1.82, 2.24) is 0 Å². The van der Waals surface area contributed by atoms with Crippen LogP contribution in [0.15, 0.2) is 42.5 Å². The first-order chi connectivity index (χ1) is 9.33. The van der Waals surface area contributed by atoms with Gasteiger partial charge < -0.3 is 0 Å². The van der Waals surface area contributed by atoms with Gasteiger partial charge in [0.05, 0.1) is 0 Å². The van der Waals surface area contributed by atoms with Crippen molar-refractivity contribution >= 4 is 5.78 Å². The number of hydrogen-bond acceptors (Lipinski definition) is 1. The first-order valence-electron chi connectivity index (χ1n) is 7.59. The number of carbonyl (C=O) groups excluding carboxylic acids is 1. The number of fused-ring (bicyclic) bond motifs is 5. The third kappa shape index (κ3) is 1.79. The standard InChI is InChI=1S/C18H20O/c19-17(12-4-2-1-3-5-12)11-15-8-9-16-13-6-7-14(10-13)18(15)16/h1-5,8-9,13-16,18H,6-7,10-11H2/t13-,14+,15-,16-,18-/m0/s1. The zero-order valence-corrected chi connectivity index (χ0v) is 11.2. The number of rotatable bonds is 3. The van der Waals surface area contributed by atoms with Gasteiger partial charge in [0.15, 0.2) is 5.78 Å². The van der Waals surface area contributed by atoms with Crippen molar-refractivity contribution in [2.45, 2.75) is 25.7 Å². The molecule has 4 rings (SSSR count). The van der Waals surface area contributed by atoms with Crippen molar-refractivity contribution in [2.24, 2.45) is 29.6 Å². The van der Waals surface area contributed by atoms with E-state index in [1.54, 1.807) is 0 Å². The first kappa shape index (κ1) is 11.5. The van der Waals surface area contributed by atoms with Gasteiger partial charge in [-0.1, -0.05) is 42.5 Å². The van der Waals surface area contributed by atoms with E-state index < -0.39 is 0 Å². The number of benzene rings is 1. The largest absolute Gasteiger partial charge is 0.294 e. The highest BCUT2D eigenvalue weighted by Crippen LogP contribution is 2.58. The second-order valence-corrected chi connectivity index (χ2v) is 6.53. The summed E-state index contributed by atoms with van der Waals surface area (Å²) >= 11 is 0. The van der Waals surface area contributed by atoms with Crippen molar-refractivity contribution in [3.63, 3.8) is 0 Å². The summed E-state index contributed by atoms with van der Waals surface area (Å²) < 4.78 is 0. The Morgan fingerprint density at radius 3 is 2.68 bits per heavy atom. The topological polar surface area (TPSA) is 17.1 Å². The third-order valence-corrected chi connectivity index (χ3v) is 5.64. The van der Waals surface area contributed by atoms with Gasteiger partial charge in [-0.25, -0.2) is 0 Å². The molecule has 1 aromatic rings. The zero-order valence-electron chi connectivity index (χ0n) is 11.2. The van der Waals surface area contributed by atoms with E-state index in [0.717, 1.165) is 29.2 Å². The maximum absolute atomic E-state index is 12.4. The molecule has 2 saturated carbocycles. The van der Waals surface area contributed by atoms with Crippen molar-refractivity contribution in [3.8, 4) is 0 Å². The normalized spacial score (nSPS) is 38.6. The summed E-state index contributed by atoms with van der Waals surface area (Å²) in [5, 5.41) is 0. The van der Waals surface area contributed by atoms with E-state index in [4.69, 9.17) is 0 Å². The molecule has 3 aliphatic rings. The average Bonchev–Trinajstić information content (AvgIpc) is 3.13. The summed E-state index contributed by atoms with van der Waals surface area (Å²) in [5.41, 5.74) is 0.877.